The molecule has 1 aromatic heterocycles. The van der Waals surface area contributed by atoms with E-state index in [4.69, 9.17) is 4.74 Å². The number of aromatic nitrogens is 2. The van der Waals surface area contributed by atoms with Gasteiger partial charge in [0.1, 0.15) is 6.54 Å². The number of nitrogens with one attached hydrogen (secondary N) is 1. The smallest absolute Gasteiger partial charge is 0.327 e. The van der Waals surface area contributed by atoms with Gasteiger partial charge in [0.2, 0.25) is 0 Å². The van der Waals surface area contributed by atoms with Gasteiger partial charge in [-0.25, -0.2) is 0 Å². The highest BCUT2D eigenvalue weighted by Gasteiger charge is 2.40. The Morgan fingerprint density at radius 3 is 2.83 bits per heavy atom. The zero-order chi connectivity index (χ0) is 16.4. The van der Waals surface area contributed by atoms with Crippen LogP contribution in [-0.4, -0.2) is 53.4 Å². The van der Waals surface area contributed by atoms with Gasteiger partial charge in [0, 0.05) is 30.9 Å². The quantitative estimate of drug-likeness (QED) is 0.813. The highest BCUT2D eigenvalue weighted by molar-refractivity contribution is 5.85. The van der Waals surface area contributed by atoms with E-state index in [9.17, 15) is 4.79 Å². The lowest BCUT2D eigenvalue weighted by Crippen LogP contribution is -2.29. The second-order valence-corrected chi connectivity index (χ2v) is 7.00. The van der Waals surface area contributed by atoms with Crippen LogP contribution in [0.4, 0.5) is 0 Å². The van der Waals surface area contributed by atoms with Gasteiger partial charge in [-0.2, -0.15) is 5.10 Å². The van der Waals surface area contributed by atoms with E-state index in [0.717, 1.165) is 37.6 Å². The molecule has 24 heavy (non-hydrogen) atoms. The second-order valence-electron chi connectivity index (χ2n) is 7.00. The van der Waals surface area contributed by atoms with Crippen LogP contribution in [-0.2, 0) is 22.6 Å². The van der Waals surface area contributed by atoms with Crippen LogP contribution in [0.5, 0.6) is 0 Å². The van der Waals surface area contributed by atoms with E-state index in [0.29, 0.717) is 12.0 Å². The molecule has 7 heteroatoms. The van der Waals surface area contributed by atoms with Crippen LogP contribution in [0.1, 0.15) is 36.7 Å². The zero-order valence-corrected chi connectivity index (χ0v) is 15.7. The predicted molar refractivity (Wildman–Crippen MR) is 95.4 cm³/mol. The Labute approximate surface area is 150 Å². The minimum absolute atomic E-state index is 0. The molecule has 0 radical (unpaired) electrons. The molecule has 0 aromatic carbocycles. The van der Waals surface area contributed by atoms with Gasteiger partial charge in [0.25, 0.3) is 0 Å². The molecule has 6 nitrogen and oxygen atoms in total. The number of likely N-dealkylation sites (tertiary alicyclic amines) is 1. The molecule has 2 fully saturated rings. The number of esters is 1. The van der Waals surface area contributed by atoms with Crippen molar-refractivity contribution in [1.29, 1.82) is 0 Å². The summed E-state index contributed by atoms with van der Waals surface area (Å²) >= 11 is 0. The number of carbonyl (C=O) groups is 1. The van der Waals surface area contributed by atoms with Gasteiger partial charge in [-0.3, -0.25) is 14.4 Å². The Balaban J connectivity index is 0.00000208. The lowest BCUT2D eigenvalue weighted by atomic mass is 9.86. The summed E-state index contributed by atoms with van der Waals surface area (Å²) < 4.78 is 6.81. The molecule has 2 saturated heterocycles. The maximum absolute atomic E-state index is 11.7. The Morgan fingerprint density at radius 2 is 2.17 bits per heavy atom. The first kappa shape index (κ1) is 19.2. The van der Waals surface area contributed by atoms with Crippen molar-refractivity contribution in [3.63, 3.8) is 0 Å². The number of nitrogens with zero attached hydrogens (tertiary/aromatic N) is 3. The van der Waals surface area contributed by atoms with Crippen molar-refractivity contribution in [2.24, 2.45) is 5.41 Å². The molecule has 0 amide bonds. The van der Waals surface area contributed by atoms with Crippen LogP contribution in [0.25, 0.3) is 0 Å². The Morgan fingerprint density at radius 1 is 1.38 bits per heavy atom. The molecule has 1 atom stereocenters. The van der Waals surface area contributed by atoms with Crippen LogP contribution < -0.4 is 5.32 Å². The molecule has 0 aliphatic carbocycles. The van der Waals surface area contributed by atoms with Gasteiger partial charge in [0.05, 0.1) is 12.3 Å². The maximum atomic E-state index is 11.7. The molecule has 1 spiro atoms. The molecule has 1 aromatic rings. The second kappa shape index (κ2) is 7.85. The van der Waals surface area contributed by atoms with Gasteiger partial charge in [-0.1, -0.05) is 0 Å². The number of halogens is 1. The third kappa shape index (κ3) is 3.92. The summed E-state index contributed by atoms with van der Waals surface area (Å²) in [5.74, 6) is -0.221. The first-order chi connectivity index (χ1) is 11.0. The van der Waals surface area contributed by atoms with Gasteiger partial charge < -0.3 is 10.1 Å². The zero-order valence-electron chi connectivity index (χ0n) is 14.9. The normalized spacial score (nSPS) is 23.6. The van der Waals surface area contributed by atoms with Crippen molar-refractivity contribution >= 4 is 18.4 Å². The summed E-state index contributed by atoms with van der Waals surface area (Å²) in [6.07, 6.45) is 2.58. The minimum atomic E-state index is -0.221. The number of carbonyl (C=O) groups excluding carboxylic acids is 1. The van der Waals surface area contributed by atoms with Crippen molar-refractivity contribution in [2.45, 2.75) is 46.7 Å². The lowest BCUT2D eigenvalue weighted by molar-refractivity contribution is -0.144. The average molecular weight is 357 g/mol. The van der Waals surface area contributed by atoms with Crippen molar-refractivity contribution in [1.82, 2.24) is 20.0 Å². The number of rotatable bonds is 5. The molecule has 1 unspecified atom stereocenters. The fourth-order valence-electron chi connectivity index (χ4n) is 3.98. The summed E-state index contributed by atoms with van der Waals surface area (Å²) in [6, 6.07) is 0. The topological polar surface area (TPSA) is 59.4 Å². The first-order valence-corrected chi connectivity index (χ1v) is 8.64. The van der Waals surface area contributed by atoms with Gasteiger partial charge in [-0.15, -0.1) is 12.4 Å². The number of aryl methyl sites for hydroxylation is 1. The molecule has 2 aliphatic rings. The minimum Gasteiger partial charge on any atom is -0.465 e. The Hall–Kier alpha value is -1.11. The number of ether oxygens (including phenoxy) is 1. The van der Waals surface area contributed by atoms with Crippen molar-refractivity contribution in [2.75, 3.05) is 32.8 Å². The van der Waals surface area contributed by atoms with Crippen molar-refractivity contribution < 1.29 is 9.53 Å². The molecule has 136 valence electrons. The van der Waals surface area contributed by atoms with E-state index in [1.807, 2.05) is 13.8 Å². The molecule has 3 rings (SSSR count). The van der Waals surface area contributed by atoms with Crippen LogP contribution in [0.15, 0.2) is 0 Å². The Kier molecular flexibility index (Phi) is 6.28. The molecular formula is C17H29ClN4O2. The van der Waals surface area contributed by atoms with Crippen LogP contribution in [0, 0.1) is 19.3 Å². The molecule has 0 saturated carbocycles. The lowest BCUT2D eigenvalue weighted by Gasteiger charge is -2.23. The van der Waals surface area contributed by atoms with Crippen molar-refractivity contribution in [3.8, 4) is 0 Å². The fourth-order valence-corrected chi connectivity index (χ4v) is 3.98. The van der Waals surface area contributed by atoms with Crippen LogP contribution >= 0.6 is 12.4 Å². The highest BCUT2D eigenvalue weighted by atomic mass is 35.5. The highest BCUT2D eigenvalue weighted by Crippen LogP contribution is 2.36. The summed E-state index contributed by atoms with van der Waals surface area (Å²) in [7, 11) is 0. The van der Waals surface area contributed by atoms with E-state index in [2.05, 4.69) is 22.2 Å². The van der Waals surface area contributed by atoms with Gasteiger partial charge in [-0.05, 0) is 52.1 Å². The SMILES string of the molecule is CCOC(=O)Cn1nc(C)c(CN2CCC3(CCNC3)C2)c1C.Cl. The van der Waals surface area contributed by atoms with Gasteiger partial charge >= 0.3 is 5.97 Å². The molecule has 2 aliphatic heterocycles. The maximum Gasteiger partial charge on any atom is 0.327 e. The predicted octanol–water partition coefficient (Wildman–Crippen LogP) is 1.67. The van der Waals surface area contributed by atoms with Gasteiger partial charge in [0.15, 0.2) is 0 Å². The van der Waals surface area contributed by atoms with E-state index in [1.54, 1.807) is 4.68 Å². The average Bonchev–Trinajstić information content (AvgIpc) is 3.19. The standard InChI is InChI=1S/C17H28N4O2.ClH/c1-4-23-16(22)10-21-14(3)15(13(2)19-21)9-20-8-6-17(12-20)5-7-18-11-17;/h18H,4-12H2,1-3H3;1H. The summed E-state index contributed by atoms with van der Waals surface area (Å²) in [6.45, 7) is 12.1. The summed E-state index contributed by atoms with van der Waals surface area (Å²) in [5.41, 5.74) is 3.86. The third-order valence-electron chi connectivity index (χ3n) is 5.35. The molecule has 0 bridgehead atoms. The largest absolute Gasteiger partial charge is 0.465 e. The van der Waals surface area contributed by atoms with E-state index in [-0.39, 0.29) is 24.9 Å². The summed E-state index contributed by atoms with van der Waals surface area (Å²) in [4.78, 5) is 14.2. The van der Waals surface area contributed by atoms with Crippen molar-refractivity contribution in [3.05, 3.63) is 17.0 Å². The number of hydrogen-bond acceptors (Lipinski definition) is 5. The fraction of sp³-hybridized carbons (Fsp3) is 0.765. The van der Waals surface area contributed by atoms with Crippen LogP contribution in [0.3, 0.4) is 0 Å². The molecular weight excluding hydrogens is 328 g/mol. The Bertz CT molecular complexity index is 581. The molecule has 3 heterocycles. The van der Waals surface area contributed by atoms with Crippen LogP contribution in [0.2, 0.25) is 0 Å². The van der Waals surface area contributed by atoms with E-state index in [1.165, 1.54) is 24.9 Å². The monoisotopic (exact) mass is 356 g/mol. The number of hydrogen-bond donors (Lipinski definition) is 1. The van der Waals surface area contributed by atoms with E-state index < -0.39 is 0 Å². The first-order valence-electron chi connectivity index (χ1n) is 8.64. The summed E-state index contributed by atoms with van der Waals surface area (Å²) in [5, 5.41) is 8.05. The van der Waals surface area contributed by atoms with E-state index >= 15 is 0 Å². The third-order valence-corrected chi connectivity index (χ3v) is 5.35. The molecule has 1 N–H and O–H groups in total.